The summed E-state index contributed by atoms with van der Waals surface area (Å²) in [5, 5.41) is 16.8. The number of carbonyl (C=O) groups excluding carboxylic acids is 1. The SMILES string of the molecule is COc1cc(CO)cc(-c2cc(/C=C3\Cc4cc(OC)c(C)cc4C3=O)[nH]n2)c1. The Hall–Kier alpha value is -3.38. The summed E-state index contributed by atoms with van der Waals surface area (Å²) in [6, 6.07) is 11.2. The number of ether oxygens (including phenoxy) is 2. The fourth-order valence-electron chi connectivity index (χ4n) is 3.65. The fourth-order valence-corrected chi connectivity index (χ4v) is 3.65. The van der Waals surface area contributed by atoms with Gasteiger partial charge in [0.25, 0.3) is 0 Å². The number of carbonyl (C=O) groups is 1. The second kappa shape index (κ2) is 7.56. The van der Waals surface area contributed by atoms with Crippen molar-refractivity contribution in [2.75, 3.05) is 14.2 Å². The summed E-state index contributed by atoms with van der Waals surface area (Å²) in [7, 11) is 3.22. The molecule has 0 spiro atoms. The lowest BCUT2D eigenvalue weighted by atomic mass is 10.1. The lowest BCUT2D eigenvalue weighted by Crippen LogP contribution is -1.97. The molecule has 0 unspecified atom stereocenters. The molecule has 2 N–H and O–H groups in total. The Morgan fingerprint density at radius 1 is 1.14 bits per heavy atom. The normalized spacial score (nSPS) is 14.3. The number of aromatic nitrogens is 2. The van der Waals surface area contributed by atoms with E-state index in [2.05, 4.69) is 10.2 Å². The van der Waals surface area contributed by atoms with Crippen LogP contribution in [-0.2, 0) is 13.0 Å². The highest BCUT2D eigenvalue weighted by Gasteiger charge is 2.26. The number of nitrogens with one attached hydrogen (secondary N) is 1. The van der Waals surface area contributed by atoms with E-state index in [0.717, 1.165) is 39.3 Å². The van der Waals surface area contributed by atoms with Crippen LogP contribution in [0, 0.1) is 6.92 Å². The van der Waals surface area contributed by atoms with E-state index in [1.165, 1.54) is 0 Å². The molecule has 0 saturated carbocycles. The average molecular weight is 390 g/mol. The van der Waals surface area contributed by atoms with Crippen LogP contribution in [0.3, 0.4) is 0 Å². The van der Waals surface area contributed by atoms with E-state index >= 15 is 0 Å². The van der Waals surface area contributed by atoms with Crippen LogP contribution in [0.5, 0.6) is 11.5 Å². The van der Waals surface area contributed by atoms with E-state index in [0.29, 0.717) is 23.4 Å². The second-order valence-corrected chi connectivity index (χ2v) is 7.09. The first kappa shape index (κ1) is 19.0. The third kappa shape index (κ3) is 3.54. The Labute approximate surface area is 168 Å². The topological polar surface area (TPSA) is 84.4 Å². The van der Waals surface area contributed by atoms with Crippen molar-refractivity contribution in [1.82, 2.24) is 10.2 Å². The van der Waals surface area contributed by atoms with Gasteiger partial charge in [-0.25, -0.2) is 0 Å². The van der Waals surface area contributed by atoms with Crippen LogP contribution < -0.4 is 9.47 Å². The van der Waals surface area contributed by atoms with Crippen LogP contribution in [0.1, 0.15) is 32.7 Å². The number of hydrogen-bond donors (Lipinski definition) is 2. The highest BCUT2D eigenvalue weighted by atomic mass is 16.5. The first-order valence-corrected chi connectivity index (χ1v) is 9.29. The number of methoxy groups -OCH3 is 2. The van der Waals surface area contributed by atoms with Crippen LogP contribution >= 0.6 is 0 Å². The molecule has 29 heavy (non-hydrogen) atoms. The lowest BCUT2D eigenvalue weighted by molar-refractivity contribution is 0.104. The average Bonchev–Trinajstić information content (AvgIpc) is 3.32. The monoisotopic (exact) mass is 390 g/mol. The van der Waals surface area contributed by atoms with E-state index in [-0.39, 0.29) is 12.4 Å². The van der Waals surface area contributed by atoms with Crippen LogP contribution in [0.15, 0.2) is 42.0 Å². The maximum Gasteiger partial charge on any atom is 0.189 e. The van der Waals surface area contributed by atoms with E-state index in [9.17, 15) is 9.90 Å². The Kier molecular flexibility index (Phi) is 4.94. The number of nitrogens with zero attached hydrogens (tertiary/aromatic N) is 1. The smallest absolute Gasteiger partial charge is 0.189 e. The van der Waals surface area contributed by atoms with Crippen LogP contribution in [0.2, 0.25) is 0 Å². The maximum absolute atomic E-state index is 12.8. The molecule has 1 heterocycles. The van der Waals surface area contributed by atoms with Gasteiger partial charge in [0.2, 0.25) is 0 Å². The van der Waals surface area contributed by atoms with Crippen LogP contribution in [-0.4, -0.2) is 35.3 Å². The molecular formula is C23H22N2O4. The van der Waals surface area contributed by atoms with Crippen molar-refractivity contribution in [3.05, 3.63) is 69.9 Å². The number of rotatable bonds is 5. The lowest BCUT2D eigenvalue weighted by Gasteiger charge is -2.06. The molecule has 3 aromatic rings. The summed E-state index contributed by atoms with van der Waals surface area (Å²) in [5.41, 5.74) is 6.40. The first-order chi connectivity index (χ1) is 14.0. The van der Waals surface area contributed by atoms with Crippen molar-refractivity contribution >= 4 is 11.9 Å². The number of aliphatic hydroxyl groups is 1. The number of aryl methyl sites for hydroxylation is 1. The van der Waals surface area contributed by atoms with Gasteiger partial charge in [-0.15, -0.1) is 0 Å². The summed E-state index contributed by atoms with van der Waals surface area (Å²) in [5.74, 6) is 1.48. The first-order valence-electron chi connectivity index (χ1n) is 9.29. The number of aromatic amines is 1. The highest BCUT2D eigenvalue weighted by Crippen LogP contribution is 2.33. The van der Waals surface area contributed by atoms with Gasteiger partial charge >= 0.3 is 0 Å². The molecule has 148 valence electrons. The molecule has 0 radical (unpaired) electrons. The van der Waals surface area contributed by atoms with Crippen LogP contribution in [0.4, 0.5) is 0 Å². The quantitative estimate of drug-likeness (QED) is 0.649. The van der Waals surface area contributed by atoms with Crippen molar-refractivity contribution in [1.29, 1.82) is 0 Å². The minimum Gasteiger partial charge on any atom is -0.497 e. The standard InChI is InChI=1S/C23H22N2O4/c1-13-4-20-15(10-22(13)29-3)7-17(23(20)27)8-18-11-21(25-24-18)16-5-14(12-26)6-19(9-16)28-2/h4-6,8-11,26H,7,12H2,1-3H3,(H,24,25)/b17-8+. The molecule has 2 aromatic carbocycles. The van der Waals surface area contributed by atoms with E-state index < -0.39 is 0 Å². The Bertz CT molecular complexity index is 1110. The number of allylic oxidation sites excluding steroid dienone is 1. The summed E-state index contributed by atoms with van der Waals surface area (Å²) in [6.45, 7) is 1.85. The molecule has 6 nitrogen and oxygen atoms in total. The van der Waals surface area contributed by atoms with Crippen LogP contribution in [0.25, 0.3) is 17.3 Å². The predicted octanol–water partition coefficient (Wildman–Crippen LogP) is 3.72. The molecule has 0 amide bonds. The zero-order chi connectivity index (χ0) is 20.5. The number of ketones is 1. The third-order valence-electron chi connectivity index (χ3n) is 5.15. The van der Waals surface area contributed by atoms with Gasteiger partial charge in [0.1, 0.15) is 11.5 Å². The Balaban J connectivity index is 1.64. The van der Waals surface area contributed by atoms with Gasteiger partial charge < -0.3 is 14.6 Å². The van der Waals surface area contributed by atoms with Gasteiger partial charge in [-0.05, 0) is 66.1 Å². The molecule has 0 aliphatic heterocycles. The number of Topliss-reactive ketones (excluding diaryl/α,β-unsaturated/α-hetero) is 1. The van der Waals surface area contributed by atoms with Gasteiger partial charge in [0, 0.05) is 23.1 Å². The number of benzene rings is 2. The molecular weight excluding hydrogens is 368 g/mol. The fraction of sp³-hybridized carbons (Fsp3) is 0.217. The Morgan fingerprint density at radius 2 is 1.97 bits per heavy atom. The molecule has 1 aliphatic rings. The van der Waals surface area contributed by atoms with Gasteiger partial charge in [-0.1, -0.05) is 0 Å². The number of H-pyrrole nitrogens is 1. The molecule has 0 saturated heterocycles. The largest absolute Gasteiger partial charge is 0.497 e. The van der Waals surface area contributed by atoms with Crippen molar-refractivity contribution < 1.29 is 19.4 Å². The number of hydrogen-bond acceptors (Lipinski definition) is 5. The van der Waals surface area contributed by atoms with Gasteiger partial charge in [-0.3, -0.25) is 9.89 Å². The molecule has 0 bridgehead atoms. The van der Waals surface area contributed by atoms with Crippen molar-refractivity contribution in [2.45, 2.75) is 20.0 Å². The van der Waals surface area contributed by atoms with Crippen molar-refractivity contribution in [3.63, 3.8) is 0 Å². The Morgan fingerprint density at radius 3 is 2.69 bits per heavy atom. The second-order valence-electron chi connectivity index (χ2n) is 7.09. The number of aliphatic hydroxyl groups excluding tert-OH is 1. The molecule has 4 rings (SSSR count). The maximum atomic E-state index is 12.8. The summed E-state index contributed by atoms with van der Waals surface area (Å²) >= 11 is 0. The highest BCUT2D eigenvalue weighted by molar-refractivity contribution is 6.15. The predicted molar refractivity (Wildman–Crippen MR) is 110 cm³/mol. The van der Waals surface area contributed by atoms with Crippen molar-refractivity contribution in [3.8, 4) is 22.8 Å². The molecule has 1 aliphatic carbocycles. The molecule has 0 atom stereocenters. The summed E-state index contributed by atoms with van der Waals surface area (Å²) in [6.07, 6.45) is 2.40. The molecule has 6 heteroatoms. The minimum absolute atomic E-state index is 0.0332. The van der Waals surface area contributed by atoms with Gasteiger partial charge in [0.15, 0.2) is 5.78 Å². The minimum atomic E-state index is -0.0822. The summed E-state index contributed by atoms with van der Waals surface area (Å²) in [4.78, 5) is 12.8. The summed E-state index contributed by atoms with van der Waals surface area (Å²) < 4.78 is 10.7. The van der Waals surface area contributed by atoms with E-state index in [1.54, 1.807) is 20.3 Å². The molecule has 0 fully saturated rings. The number of fused-ring (bicyclic) bond motifs is 1. The van der Waals surface area contributed by atoms with Gasteiger partial charge in [-0.2, -0.15) is 5.10 Å². The van der Waals surface area contributed by atoms with E-state index in [4.69, 9.17) is 9.47 Å². The van der Waals surface area contributed by atoms with Gasteiger partial charge in [0.05, 0.1) is 32.2 Å². The third-order valence-corrected chi connectivity index (χ3v) is 5.15. The van der Waals surface area contributed by atoms with E-state index in [1.807, 2.05) is 43.3 Å². The zero-order valence-electron chi connectivity index (χ0n) is 16.6. The van der Waals surface area contributed by atoms with Crippen molar-refractivity contribution in [2.24, 2.45) is 0 Å². The molecule has 1 aromatic heterocycles. The zero-order valence-corrected chi connectivity index (χ0v) is 16.6.